The number of likely N-dealkylation sites (N-methyl/N-ethyl adjacent to an activating group) is 1. The summed E-state index contributed by atoms with van der Waals surface area (Å²) < 4.78 is 3.80. The second-order valence-electron chi connectivity index (χ2n) is 7.35. The van der Waals surface area contributed by atoms with Gasteiger partial charge < -0.3 is 10.2 Å². The number of rotatable bonds is 8. The Morgan fingerprint density at radius 2 is 1.97 bits per heavy atom. The zero-order valence-corrected chi connectivity index (χ0v) is 17.1. The quantitative estimate of drug-likeness (QED) is 0.639. The normalized spacial score (nSPS) is 13.1. The fraction of sp³-hybridized carbons (Fsp3) is 0.409. The van der Waals surface area contributed by atoms with Gasteiger partial charge in [-0.25, -0.2) is 4.68 Å². The van der Waals surface area contributed by atoms with Gasteiger partial charge in [-0.3, -0.25) is 9.48 Å². The van der Waals surface area contributed by atoms with E-state index in [1.807, 2.05) is 45.9 Å². The molecule has 29 heavy (non-hydrogen) atoms. The van der Waals surface area contributed by atoms with Crippen molar-refractivity contribution in [3.63, 3.8) is 0 Å². The first kappa shape index (κ1) is 19.4. The second kappa shape index (κ2) is 8.61. The van der Waals surface area contributed by atoms with Gasteiger partial charge in [0.25, 0.3) is 5.91 Å². The molecule has 2 heterocycles. The van der Waals surface area contributed by atoms with Gasteiger partial charge >= 0.3 is 0 Å². The van der Waals surface area contributed by atoms with Gasteiger partial charge in [0.1, 0.15) is 0 Å². The Morgan fingerprint density at radius 1 is 1.17 bits per heavy atom. The minimum atomic E-state index is -0.166. The fourth-order valence-electron chi connectivity index (χ4n) is 3.93. The summed E-state index contributed by atoms with van der Waals surface area (Å²) in [5.41, 5.74) is 4.44. The molecule has 0 bridgehead atoms. The molecule has 2 aromatic heterocycles. The van der Waals surface area contributed by atoms with E-state index in [0.717, 1.165) is 62.4 Å². The Hall–Kier alpha value is -2.93. The molecule has 0 spiro atoms. The van der Waals surface area contributed by atoms with Crippen molar-refractivity contribution in [3.05, 3.63) is 59.7 Å². The number of anilines is 1. The van der Waals surface area contributed by atoms with Crippen LogP contribution in [0.1, 0.15) is 42.0 Å². The Kier molecular flexibility index (Phi) is 5.76. The molecule has 0 saturated carbocycles. The maximum absolute atomic E-state index is 13.0. The summed E-state index contributed by atoms with van der Waals surface area (Å²) in [5, 5.41) is 12.0. The van der Waals surface area contributed by atoms with E-state index in [-0.39, 0.29) is 5.91 Å². The number of carbonyl (C=O) groups is 1. The number of nitrogens with one attached hydrogen (secondary N) is 1. The summed E-state index contributed by atoms with van der Waals surface area (Å²) >= 11 is 0. The van der Waals surface area contributed by atoms with Gasteiger partial charge in [-0.2, -0.15) is 10.2 Å². The second-order valence-corrected chi connectivity index (χ2v) is 7.35. The van der Waals surface area contributed by atoms with E-state index in [1.54, 1.807) is 6.20 Å². The number of nitrogens with zero attached hydrogens (tertiary/aromatic N) is 5. The number of hydrogen-bond donors (Lipinski definition) is 1. The van der Waals surface area contributed by atoms with Gasteiger partial charge in [-0.05, 0) is 44.5 Å². The topological polar surface area (TPSA) is 68.0 Å². The minimum absolute atomic E-state index is 0.166. The van der Waals surface area contributed by atoms with E-state index in [0.29, 0.717) is 11.4 Å². The maximum atomic E-state index is 13.0. The molecular weight excluding hydrogens is 364 g/mol. The molecule has 7 nitrogen and oxygen atoms in total. The largest absolute Gasteiger partial charge is 0.318 e. The highest BCUT2D eigenvalue weighted by Gasteiger charge is 2.27. The monoisotopic (exact) mass is 392 g/mol. The molecule has 0 radical (unpaired) electrons. The first-order chi connectivity index (χ1) is 14.2. The molecular formula is C22H28N6O. The van der Waals surface area contributed by atoms with Gasteiger partial charge in [-0.1, -0.05) is 32.0 Å². The van der Waals surface area contributed by atoms with Crippen LogP contribution in [0.5, 0.6) is 0 Å². The van der Waals surface area contributed by atoms with Crippen molar-refractivity contribution in [1.29, 1.82) is 0 Å². The number of hydrogen-bond acceptors (Lipinski definition) is 4. The van der Waals surface area contributed by atoms with Crippen LogP contribution in [-0.4, -0.2) is 50.0 Å². The van der Waals surface area contributed by atoms with Crippen LogP contribution >= 0.6 is 0 Å². The highest BCUT2D eigenvalue weighted by atomic mass is 16.2. The lowest BCUT2D eigenvalue weighted by Gasteiger charge is -2.17. The molecule has 0 atom stereocenters. The van der Waals surface area contributed by atoms with Gasteiger partial charge in [0.15, 0.2) is 5.69 Å². The van der Waals surface area contributed by atoms with E-state index in [2.05, 4.69) is 34.3 Å². The average Bonchev–Trinajstić information content (AvgIpc) is 3.46. The number of para-hydroxylation sites is 1. The highest BCUT2D eigenvalue weighted by molar-refractivity contribution is 6.04. The zero-order chi connectivity index (χ0) is 20.2. The van der Waals surface area contributed by atoms with Crippen LogP contribution in [0, 0.1) is 0 Å². The summed E-state index contributed by atoms with van der Waals surface area (Å²) in [6, 6.07) is 10.0. The van der Waals surface area contributed by atoms with Crippen molar-refractivity contribution in [3.8, 4) is 5.69 Å². The van der Waals surface area contributed by atoms with Crippen LogP contribution in [-0.2, 0) is 19.4 Å². The molecule has 0 fully saturated rings. The molecule has 0 unspecified atom stereocenters. The van der Waals surface area contributed by atoms with E-state index in [4.69, 9.17) is 0 Å². The van der Waals surface area contributed by atoms with Crippen molar-refractivity contribution < 1.29 is 4.79 Å². The van der Waals surface area contributed by atoms with Gasteiger partial charge in [0, 0.05) is 24.0 Å². The zero-order valence-electron chi connectivity index (χ0n) is 17.1. The molecule has 0 aliphatic heterocycles. The Balaban J connectivity index is 1.49. The Labute approximate surface area is 171 Å². The first-order valence-electron chi connectivity index (χ1n) is 10.4. The molecule has 1 aliphatic rings. The SMILES string of the molecule is CCN(CC)CCn1cc(NC(=O)c2nn(-c3ccccc3)c3c2CCC3)cn1. The van der Waals surface area contributed by atoms with Crippen LogP contribution in [0.25, 0.3) is 5.69 Å². The third-order valence-corrected chi connectivity index (χ3v) is 5.58. The Bertz CT molecular complexity index is 971. The van der Waals surface area contributed by atoms with Crippen molar-refractivity contribution in [2.45, 2.75) is 39.7 Å². The summed E-state index contributed by atoms with van der Waals surface area (Å²) in [4.78, 5) is 15.3. The predicted molar refractivity (Wildman–Crippen MR) is 114 cm³/mol. The van der Waals surface area contributed by atoms with Crippen molar-refractivity contribution in [2.75, 3.05) is 25.0 Å². The van der Waals surface area contributed by atoms with Crippen LogP contribution in [0.15, 0.2) is 42.7 Å². The Morgan fingerprint density at radius 3 is 2.72 bits per heavy atom. The third kappa shape index (κ3) is 4.10. The van der Waals surface area contributed by atoms with Crippen molar-refractivity contribution in [1.82, 2.24) is 24.5 Å². The molecule has 4 rings (SSSR count). The van der Waals surface area contributed by atoms with Gasteiger partial charge in [0.05, 0.1) is 24.1 Å². The first-order valence-corrected chi connectivity index (χ1v) is 10.4. The maximum Gasteiger partial charge on any atom is 0.276 e. The molecule has 7 heteroatoms. The summed E-state index contributed by atoms with van der Waals surface area (Å²) in [6.07, 6.45) is 6.50. The van der Waals surface area contributed by atoms with Crippen molar-refractivity contribution in [2.24, 2.45) is 0 Å². The van der Waals surface area contributed by atoms with Gasteiger partial charge in [-0.15, -0.1) is 0 Å². The number of fused-ring (bicyclic) bond motifs is 1. The molecule has 1 amide bonds. The molecule has 152 valence electrons. The van der Waals surface area contributed by atoms with E-state index >= 15 is 0 Å². The fourth-order valence-corrected chi connectivity index (χ4v) is 3.93. The predicted octanol–water partition coefficient (Wildman–Crippen LogP) is 3.15. The third-order valence-electron chi connectivity index (χ3n) is 5.58. The number of amides is 1. The summed E-state index contributed by atoms with van der Waals surface area (Å²) in [5.74, 6) is -0.166. The highest BCUT2D eigenvalue weighted by Crippen LogP contribution is 2.28. The summed E-state index contributed by atoms with van der Waals surface area (Å²) in [7, 11) is 0. The van der Waals surface area contributed by atoms with Crippen LogP contribution in [0.2, 0.25) is 0 Å². The summed E-state index contributed by atoms with van der Waals surface area (Å²) in [6.45, 7) is 8.11. The molecule has 1 aromatic carbocycles. The van der Waals surface area contributed by atoms with E-state index in [9.17, 15) is 4.79 Å². The average molecular weight is 393 g/mol. The van der Waals surface area contributed by atoms with Crippen LogP contribution < -0.4 is 5.32 Å². The van der Waals surface area contributed by atoms with E-state index < -0.39 is 0 Å². The van der Waals surface area contributed by atoms with Crippen molar-refractivity contribution >= 4 is 11.6 Å². The van der Waals surface area contributed by atoms with E-state index in [1.165, 1.54) is 0 Å². The molecule has 1 N–H and O–H groups in total. The number of carbonyl (C=O) groups excluding carboxylic acids is 1. The standard InChI is InChI=1S/C22H28N6O/c1-3-26(4-2)13-14-27-16-17(15-23-27)24-22(29)21-19-11-8-12-20(19)28(25-21)18-9-6-5-7-10-18/h5-7,9-10,15-16H,3-4,8,11-14H2,1-2H3,(H,24,29). The number of benzene rings is 1. The lowest BCUT2D eigenvalue weighted by atomic mass is 10.2. The van der Waals surface area contributed by atoms with Crippen LogP contribution in [0.3, 0.4) is 0 Å². The van der Waals surface area contributed by atoms with Crippen LogP contribution in [0.4, 0.5) is 5.69 Å². The van der Waals surface area contributed by atoms with Gasteiger partial charge in [0.2, 0.25) is 0 Å². The molecule has 3 aromatic rings. The lowest BCUT2D eigenvalue weighted by Crippen LogP contribution is -2.27. The number of aromatic nitrogens is 4. The minimum Gasteiger partial charge on any atom is -0.318 e. The lowest BCUT2D eigenvalue weighted by molar-refractivity contribution is 0.102. The molecule has 1 aliphatic carbocycles. The smallest absolute Gasteiger partial charge is 0.276 e. The molecule has 0 saturated heterocycles.